The van der Waals surface area contributed by atoms with Crippen LogP contribution in [0.5, 0.6) is 0 Å². The highest BCUT2D eigenvalue weighted by Crippen LogP contribution is 2.07. The Balaban J connectivity index is 5.41. The summed E-state index contributed by atoms with van der Waals surface area (Å²) in [7, 11) is 0. The van der Waals surface area contributed by atoms with Crippen molar-refractivity contribution in [1.29, 1.82) is 0 Å². The van der Waals surface area contributed by atoms with E-state index in [1.54, 1.807) is 13.8 Å². The van der Waals surface area contributed by atoms with Crippen molar-refractivity contribution in [1.82, 2.24) is 16.0 Å². The Morgan fingerprint density at radius 2 is 1.34 bits per heavy atom. The first-order valence-electron chi connectivity index (χ1n) is 9.85. The molecule has 0 radical (unpaired) electrons. The van der Waals surface area contributed by atoms with Gasteiger partial charge in [-0.1, -0.05) is 13.8 Å². The molecule has 0 aromatic heterocycles. The third-order valence-corrected chi connectivity index (χ3v) is 4.58. The summed E-state index contributed by atoms with van der Waals surface area (Å²) >= 11 is 3.83. The minimum absolute atomic E-state index is 0.0236. The maximum atomic E-state index is 12.8. The molecule has 0 rings (SSSR count). The van der Waals surface area contributed by atoms with Crippen LogP contribution >= 0.6 is 12.6 Å². The average molecular weight is 477 g/mol. The first kappa shape index (κ1) is 29.1. The van der Waals surface area contributed by atoms with E-state index in [2.05, 4.69) is 28.6 Å². The molecule has 0 aliphatic carbocycles. The van der Waals surface area contributed by atoms with E-state index in [1.165, 1.54) is 0 Å². The molecule has 182 valence electrons. The molecule has 32 heavy (non-hydrogen) atoms. The minimum Gasteiger partial charge on any atom is -0.480 e. The van der Waals surface area contributed by atoms with E-state index >= 15 is 0 Å². The number of amides is 5. The van der Waals surface area contributed by atoms with Gasteiger partial charge >= 0.3 is 5.97 Å². The van der Waals surface area contributed by atoms with Crippen LogP contribution in [0, 0.1) is 5.92 Å². The van der Waals surface area contributed by atoms with Crippen molar-refractivity contribution >= 4 is 48.1 Å². The van der Waals surface area contributed by atoms with Crippen molar-refractivity contribution in [2.24, 2.45) is 23.1 Å². The molecule has 0 aromatic carbocycles. The topological polar surface area (TPSA) is 237 Å². The fourth-order valence-corrected chi connectivity index (χ4v) is 2.80. The van der Waals surface area contributed by atoms with Crippen LogP contribution in [0.2, 0.25) is 0 Å². The third-order valence-electron chi connectivity index (χ3n) is 4.21. The van der Waals surface area contributed by atoms with Crippen molar-refractivity contribution in [3.63, 3.8) is 0 Å². The number of thiol groups is 1. The summed E-state index contributed by atoms with van der Waals surface area (Å²) in [5.41, 5.74) is 15.9. The second-order valence-corrected chi connectivity index (χ2v) is 7.98. The lowest BCUT2D eigenvalue weighted by molar-refractivity contribution is -0.141. The third kappa shape index (κ3) is 11.5. The van der Waals surface area contributed by atoms with Crippen molar-refractivity contribution in [3.05, 3.63) is 0 Å². The Kier molecular flexibility index (Phi) is 13.0. The van der Waals surface area contributed by atoms with Crippen LogP contribution in [0.1, 0.15) is 39.5 Å². The van der Waals surface area contributed by atoms with Gasteiger partial charge in [0.2, 0.25) is 29.5 Å². The quantitative estimate of drug-likeness (QED) is 0.113. The fraction of sp³-hybridized carbons (Fsp3) is 0.667. The zero-order valence-corrected chi connectivity index (χ0v) is 18.9. The fourth-order valence-electron chi connectivity index (χ4n) is 2.55. The van der Waals surface area contributed by atoms with Gasteiger partial charge < -0.3 is 38.3 Å². The molecule has 4 atom stereocenters. The average Bonchev–Trinajstić information content (AvgIpc) is 2.67. The van der Waals surface area contributed by atoms with Crippen LogP contribution < -0.4 is 33.2 Å². The van der Waals surface area contributed by atoms with Crippen molar-refractivity contribution < 1.29 is 33.9 Å². The molecule has 4 unspecified atom stereocenters. The van der Waals surface area contributed by atoms with Gasteiger partial charge in [0.05, 0.1) is 12.5 Å². The van der Waals surface area contributed by atoms with Crippen LogP contribution in [0.3, 0.4) is 0 Å². The number of carboxylic acids is 1. The Bertz CT molecular complexity index is 718. The Morgan fingerprint density at radius 1 is 0.844 bits per heavy atom. The van der Waals surface area contributed by atoms with Crippen LogP contribution in [0.4, 0.5) is 0 Å². The van der Waals surface area contributed by atoms with Crippen molar-refractivity contribution in [3.8, 4) is 0 Å². The molecule has 0 aromatic rings. The molecule has 0 heterocycles. The molecule has 13 nitrogen and oxygen atoms in total. The van der Waals surface area contributed by atoms with Gasteiger partial charge in [0.25, 0.3) is 0 Å². The first-order chi connectivity index (χ1) is 14.8. The summed E-state index contributed by atoms with van der Waals surface area (Å²) in [6.07, 6.45) is -0.576. The number of carbonyl (C=O) groups is 6. The van der Waals surface area contributed by atoms with Gasteiger partial charge in [0.15, 0.2) is 0 Å². The monoisotopic (exact) mass is 476 g/mol. The van der Waals surface area contributed by atoms with Crippen LogP contribution in [0.15, 0.2) is 0 Å². The van der Waals surface area contributed by atoms with E-state index in [-0.39, 0.29) is 30.9 Å². The predicted octanol–water partition coefficient (Wildman–Crippen LogP) is -3.03. The van der Waals surface area contributed by atoms with E-state index in [0.29, 0.717) is 0 Å². The normalized spacial score (nSPS) is 14.5. The SMILES string of the molecule is CC(C)CC(NC(=O)C(N)CCC(N)=O)C(=O)NC(CC(N)=O)C(=O)NC(CS)C(=O)O. The lowest BCUT2D eigenvalue weighted by atomic mass is 10.0. The highest BCUT2D eigenvalue weighted by Gasteiger charge is 2.31. The molecule has 0 fully saturated rings. The molecule has 10 N–H and O–H groups in total. The van der Waals surface area contributed by atoms with E-state index < -0.39 is 66.1 Å². The van der Waals surface area contributed by atoms with Gasteiger partial charge in [0.1, 0.15) is 18.1 Å². The highest BCUT2D eigenvalue weighted by atomic mass is 32.1. The van der Waals surface area contributed by atoms with Crippen LogP contribution in [-0.2, 0) is 28.8 Å². The van der Waals surface area contributed by atoms with Crippen LogP contribution in [0.25, 0.3) is 0 Å². The smallest absolute Gasteiger partial charge is 0.327 e. The number of hydrogen-bond acceptors (Lipinski definition) is 8. The summed E-state index contributed by atoms with van der Waals surface area (Å²) in [4.78, 5) is 70.9. The lowest BCUT2D eigenvalue weighted by Gasteiger charge is -2.25. The lowest BCUT2D eigenvalue weighted by Crippen LogP contribution is -2.58. The molecule has 0 aliphatic heterocycles. The second-order valence-electron chi connectivity index (χ2n) is 7.62. The molecule has 14 heteroatoms. The molecule has 5 amide bonds. The molecular weight excluding hydrogens is 444 g/mol. The van der Waals surface area contributed by atoms with Gasteiger partial charge in [-0.25, -0.2) is 4.79 Å². The zero-order valence-electron chi connectivity index (χ0n) is 18.0. The summed E-state index contributed by atoms with van der Waals surface area (Å²) in [6, 6.07) is -5.05. The van der Waals surface area contributed by atoms with Gasteiger partial charge in [-0.3, -0.25) is 24.0 Å². The van der Waals surface area contributed by atoms with Crippen molar-refractivity contribution in [2.75, 3.05) is 5.75 Å². The molecule has 0 spiro atoms. The maximum Gasteiger partial charge on any atom is 0.327 e. The number of primary amides is 2. The van der Waals surface area contributed by atoms with Gasteiger partial charge in [0, 0.05) is 12.2 Å². The zero-order chi connectivity index (χ0) is 25.0. The number of nitrogens with two attached hydrogens (primary N) is 3. The molecule has 0 aliphatic rings. The minimum atomic E-state index is -1.48. The first-order valence-corrected chi connectivity index (χ1v) is 10.5. The second kappa shape index (κ2) is 14.2. The standard InChI is InChI=1S/C18H32N6O7S/c1-8(2)5-10(22-15(27)9(19)3-4-13(20)25)16(28)23-11(6-14(21)26)17(29)24-12(7-32)18(30)31/h8-12,32H,3-7,19H2,1-2H3,(H2,20,25)(H2,21,26)(H,22,27)(H,23,28)(H,24,29)(H,30,31). The number of carboxylic acid groups (broad SMARTS) is 1. The van der Waals surface area contributed by atoms with E-state index in [1.807, 2.05) is 0 Å². The highest BCUT2D eigenvalue weighted by molar-refractivity contribution is 7.80. The number of hydrogen-bond donors (Lipinski definition) is 8. The van der Waals surface area contributed by atoms with E-state index in [0.717, 1.165) is 0 Å². The number of nitrogens with one attached hydrogen (secondary N) is 3. The summed E-state index contributed by atoms with van der Waals surface area (Å²) < 4.78 is 0. The Morgan fingerprint density at radius 3 is 1.78 bits per heavy atom. The Hall–Kier alpha value is -2.87. The van der Waals surface area contributed by atoms with E-state index in [9.17, 15) is 28.8 Å². The predicted molar refractivity (Wildman–Crippen MR) is 117 cm³/mol. The van der Waals surface area contributed by atoms with Gasteiger partial charge in [-0.2, -0.15) is 12.6 Å². The van der Waals surface area contributed by atoms with E-state index in [4.69, 9.17) is 22.3 Å². The molecule has 0 saturated heterocycles. The van der Waals surface area contributed by atoms with Crippen molar-refractivity contribution in [2.45, 2.75) is 63.7 Å². The maximum absolute atomic E-state index is 12.8. The number of aliphatic carboxylic acids is 1. The number of carbonyl (C=O) groups excluding carboxylic acids is 5. The largest absolute Gasteiger partial charge is 0.480 e. The number of rotatable bonds is 15. The van der Waals surface area contributed by atoms with Gasteiger partial charge in [-0.15, -0.1) is 0 Å². The molecule has 0 saturated carbocycles. The Labute approximate surface area is 191 Å². The summed E-state index contributed by atoms with van der Waals surface area (Å²) in [5, 5.41) is 16.0. The molecular formula is C18H32N6O7S. The van der Waals surface area contributed by atoms with Crippen LogP contribution in [-0.4, -0.2) is 70.5 Å². The molecule has 0 bridgehead atoms. The summed E-state index contributed by atoms with van der Waals surface area (Å²) in [6.45, 7) is 3.58. The van der Waals surface area contributed by atoms with Gasteiger partial charge in [-0.05, 0) is 18.8 Å². The summed E-state index contributed by atoms with van der Waals surface area (Å²) in [5.74, 6) is -5.65.